The first-order valence-corrected chi connectivity index (χ1v) is 6.18. The summed E-state index contributed by atoms with van der Waals surface area (Å²) in [5, 5.41) is 13.7. The van der Waals surface area contributed by atoms with Gasteiger partial charge < -0.3 is 9.94 Å². The molecule has 0 bridgehead atoms. The van der Waals surface area contributed by atoms with Gasteiger partial charge in [0, 0.05) is 6.07 Å². The molecule has 0 fully saturated rings. The summed E-state index contributed by atoms with van der Waals surface area (Å²) >= 11 is 11.1. The van der Waals surface area contributed by atoms with E-state index in [-0.39, 0.29) is 4.49 Å². The number of carbonyl (C=O) groups is 1. The third kappa shape index (κ3) is 5.81. The number of halogens is 2. The fourth-order valence-electron chi connectivity index (χ4n) is 1.25. The lowest BCUT2D eigenvalue weighted by atomic mass is 10.2. The first-order valence-electron chi connectivity index (χ1n) is 5.43. The molecular formula is C12H14Cl2N2O3. The van der Waals surface area contributed by atoms with Gasteiger partial charge in [-0.3, -0.25) is 5.32 Å². The molecule has 0 aliphatic carbocycles. The highest BCUT2D eigenvalue weighted by atomic mass is 35.5. The van der Waals surface area contributed by atoms with Crippen LogP contribution in [0.25, 0.3) is 6.08 Å². The Bertz CT molecular complexity index is 506. The Morgan fingerprint density at radius 3 is 2.63 bits per heavy atom. The Balaban J connectivity index is 2.95. The maximum absolute atomic E-state index is 11.6. The SMILES string of the molecule is CC(C)(C)OC(=O)Nc1cc[n+]([O-])cc1C=C(Cl)Cl. The molecule has 0 unspecified atom stereocenters. The van der Waals surface area contributed by atoms with E-state index in [9.17, 15) is 10.0 Å². The van der Waals surface area contributed by atoms with Crippen LogP contribution in [0.4, 0.5) is 10.5 Å². The van der Waals surface area contributed by atoms with Crippen molar-refractivity contribution >= 4 is 41.1 Å². The minimum Gasteiger partial charge on any atom is -0.619 e. The Morgan fingerprint density at radius 2 is 2.11 bits per heavy atom. The molecule has 1 aromatic heterocycles. The summed E-state index contributed by atoms with van der Waals surface area (Å²) in [6, 6.07) is 1.43. The van der Waals surface area contributed by atoms with E-state index in [2.05, 4.69) is 5.32 Å². The smallest absolute Gasteiger partial charge is 0.412 e. The van der Waals surface area contributed by atoms with Gasteiger partial charge in [-0.05, 0) is 26.8 Å². The van der Waals surface area contributed by atoms with Crippen LogP contribution >= 0.6 is 23.2 Å². The van der Waals surface area contributed by atoms with Crippen LogP contribution in [0.15, 0.2) is 23.0 Å². The highest BCUT2D eigenvalue weighted by Crippen LogP contribution is 2.20. The molecule has 0 spiro atoms. The van der Waals surface area contributed by atoms with Gasteiger partial charge in [0.05, 0.1) is 11.3 Å². The molecule has 0 saturated heterocycles. The lowest BCUT2D eigenvalue weighted by Crippen LogP contribution is -2.29. The maximum Gasteiger partial charge on any atom is 0.412 e. The Hall–Kier alpha value is -1.46. The second-order valence-electron chi connectivity index (χ2n) is 4.73. The third-order valence-corrected chi connectivity index (χ3v) is 2.08. The zero-order valence-electron chi connectivity index (χ0n) is 10.7. The first kappa shape index (κ1) is 15.6. The zero-order chi connectivity index (χ0) is 14.6. The molecule has 1 heterocycles. The summed E-state index contributed by atoms with van der Waals surface area (Å²) in [6.45, 7) is 5.25. The molecule has 1 rings (SSSR count). The van der Waals surface area contributed by atoms with Crippen LogP contribution in [0, 0.1) is 5.21 Å². The van der Waals surface area contributed by atoms with E-state index in [1.165, 1.54) is 24.5 Å². The summed E-state index contributed by atoms with van der Waals surface area (Å²) in [5.41, 5.74) is 0.140. The highest BCUT2D eigenvalue weighted by molar-refractivity contribution is 6.57. The van der Waals surface area contributed by atoms with Crippen LogP contribution in [0.5, 0.6) is 0 Å². The van der Waals surface area contributed by atoms with Crippen LogP contribution in [0.3, 0.4) is 0 Å². The molecule has 104 valence electrons. The van der Waals surface area contributed by atoms with Gasteiger partial charge in [-0.25, -0.2) is 4.79 Å². The first-order chi connectivity index (χ1) is 8.67. The van der Waals surface area contributed by atoms with Crippen molar-refractivity contribution in [3.05, 3.63) is 33.7 Å². The van der Waals surface area contributed by atoms with Gasteiger partial charge in [-0.2, -0.15) is 4.73 Å². The second-order valence-corrected chi connectivity index (χ2v) is 5.74. The molecule has 1 N–H and O–H groups in total. The monoisotopic (exact) mass is 304 g/mol. The van der Waals surface area contributed by atoms with Gasteiger partial charge in [0.2, 0.25) is 0 Å². The van der Waals surface area contributed by atoms with Crippen molar-refractivity contribution in [2.24, 2.45) is 0 Å². The number of amides is 1. The van der Waals surface area contributed by atoms with E-state index < -0.39 is 11.7 Å². The minimum absolute atomic E-state index is 0.0292. The Kier molecular flexibility index (Phi) is 5.03. The third-order valence-electron chi connectivity index (χ3n) is 1.87. The number of pyridine rings is 1. The molecule has 19 heavy (non-hydrogen) atoms. The van der Waals surface area contributed by atoms with Crippen molar-refractivity contribution in [1.82, 2.24) is 0 Å². The van der Waals surface area contributed by atoms with Crippen molar-refractivity contribution in [3.8, 4) is 0 Å². The van der Waals surface area contributed by atoms with Crippen LogP contribution in [0.1, 0.15) is 26.3 Å². The maximum atomic E-state index is 11.6. The summed E-state index contributed by atoms with van der Waals surface area (Å²) in [6.07, 6.45) is 3.20. The van der Waals surface area contributed by atoms with Crippen molar-refractivity contribution < 1.29 is 14.3 Å². The summed E-state index contributed by atoms with van der Waals surface area (Å²) in [4.78, 5) is 11.6. The van der Waals surface area contributed by atoms with Crippen molar-refractivity contribution in [2.75, 3.05) is 5.32 Å². The van der Waals surface area contributed by atoms with Crippen LogP contribution < -0.4 is 10.0 Å². The van der Waals surface area contributed by atoms with Crippen molar-refractivity contribution in [1.29, 1.82) is 0 Å². The number of hydrogen-bond acceptors (Lipinski definition) is 3. The van der Waals surface area contributed by atoms with Gasteiger partial charge >= 0.3 is 6.09 Å². The normalized spacial score (nSPS) is 10.8. The number of ether oxygens (including phenoxy) is 1. The lowest BCUT2D eigenvalue weighted by Gasteiger charge is -2.20. The van der Waals surface area contributed by atoms with E-state index in [0.29, 0.717) is 16.0 Å². The summed E-state index contributed by atoms with van der Waals surface area (Å²) < 4.78 is 5.65. The van der Waals surface area contributed by atoms with Crippen LogP contribution in [-0.4, -0.2) is 11.7 Å². The molecular weight excluding hydrogens is 291 g/mol. The predicted octanol–water partition coefficient (Wildman–Crippen LogP) is 3.44. The number of hydrogen-bond donors (Lipinski definition) is 1. The van der Waals surface area contributed by atoms with E-state index in [1.807, 2.05) is 0 Å². The molecule has 0 atom stereocenters. The molecule has 7 heteroatoms. The number of nitrogens with zero attached hydrogens (tertiary/aromatic N) is 1. The van der Waals surface area contributed by atoms with Gasteiger partial charge in [0.1, 0.15) is 10.1 Å². The van der Waals surface area contributed by atoms with E-state index in [0.717, 1.165) is 0 Å². The molecule has 0 radical (unpaired) electrons. The highest BCUT2D eigenvalue weighted by Gasteiger charge is 2.17. The Morgan fingerprint density at radius 1 is 1.47 bits per heavy atom. The van der Waals surface area contributed by atoms with E-state index >= 15 is 0 Å². The molecule has 5 nitrogen and oxygen atoms in total. The molecule has 1 amide bonds. The zero-order valence-corrected chi connectivity index (χ0v) is 12.2. The quantitative estimate of drug-likeness (QED) is 0.672. The van der Waals surface area contributed by atoms with Crippen molar-refractivity contribution in [2.45, 2.75) is 26.4 Å². The molecule has 0 aliphatic heterocycles. The average Bonchev–Trinajstić information content (AvgIpc) is 2.18. The number of carbonyl (C=O) groups excluding carboxylic acids is 1. The summed E-state index contributed by atoms with van der Waals surface area (Å²) in [7, 11) is 0. The van der Waals surface area contributed by atoms with E-state index in [1.54, 1.807) is 20.8 Å². The number of anilines is 1. The lowest BCUT2D eigenvalue weighted by molar-refractivity contribution is -0.605. The standard InChI is InChI=1S/C12H14Cl2N2O3/c1-12(2,3)19-11(17)15-9-4-5-16(18)7-8(9)6-10(13)14/h4-7H,1-3H3,(H,15,17). The number of aromatic nitrogens is 1. The van der Waals surface area contributed by atoms with Gasteiger partial charge in [0.15, 0.2) is 12.4 Å². The van der Waals surface area contributed by atoms with Gasteiger partial charge in [-0.15, -0.1) is 0 Å². The largest absolute Gasteiger partial charge is 0.619 e. The molecule has 0 aromatic carbocycles. The second kappa shape index (κ2) is 6.12. The minimum atomic E-state index is -0.628. The van der Waals surface area contributed by atoms with Gasteiger partial charge in [0.25, 0.3) is 0 Å². The topological polar surface area (TPSA) is 65.3 Å². The van der Waals surface area contributed by atoms with Gasteiger partial charge in [-0.1, -0.05) is 23.2 Å². The van der Waals surface area contributed by atoms with Crippen molar-refractivity contribution in [3.63, 3.8) is 0 Å². The number of nitrogens with one attached hydrogen (secondary N) is 1. The molecule has 1 aromatic rings. The number of rotatable bonds is 2. The summed E-state index contributed by atoms with van der Waals surface area (Å²) in [5.74, 6) is 0. The fraction of sp³-hybridized carbons (Fsp3) is 0.333. The molecule has 0 aliphatic rings. The van der Waals surface area contributed by atoms with Crippen LogP contribution in [-0.2, 0) is 4.74 Å². The average molecular weight is 305 g/mol. The molecule has 0 saturated carbocycles. The Labute approximate surface area is 121 Å². The van der Waals surface area contributed by atoms with Crippen LogP contribution in [0.2, 0.25) is 0 Å². The van der Waals surface area contributed by atoms with E-state index in [4.69, 9.17) is 27.9 Å². The predicted molar refractivity (Wildman–Crippen MR) is 74.9 cm³/mol. The fourth-order valence-corrected chi connectivity index (χ4v) is 1.49.